The molecule has 1 atom stereocenters. The Bertz CT molecular complexity index is 333. The maximum Gasteiger partial charge on any atom is 0.232 e. The predicted octanol–water partition coefficient (Wildman–Crippen LogP) is 2.47. The molecule has 0 aliphatic heterocycles. The first-order valence-corrected chi connectivity index (χ1v) is 6.17. The summed E-state index contributed by atoms with van der Waals surface area (Å²) in [5.74, 6) is 1.20. The van der Waals surface area contributed by atoms with Gasteiger partial charge >= 0.3 is 0 Å². The van der Waals surface area contributed by atoms with Gasteiger partial charge in [-0.05, 0) is 15.9 Å². The Morgan fingerprint density at radius 3 is 2.80 bits per heavy atom. The van der Waals surface area contributed by atoms with Crippen LogP contribution in [-0.4, -0.2) is 35.5 Å². The minimum Gasteiger partial charge on any atom is -0.480 e. The fourth-order valence-corrected chi connectivity index (χ4v) is 1.92. The van der Waals surface area contributed by atoms with E-state index in [9.17, 15) is 0 Å². The van der Waals surface area contributed by atoms with Crippen molar-refractivity contribution in [3.8, 4) is 5.88 Å². The molecule has 0 radical (unpaired) electrons. The van der Waals surface area contributed by atoms with E-state index in [-0.39, 0.29) is 0 Å². The van der Waals surface area contributed by atoms with Crippen LogP contribution in [0.25, 0.3) is 0 Å². The van der Waals surface area contributed by atoms with Crippen molar-refractivity contribution in [1.82, 2.24) is 9.97 Å². The van der Waals surface area contributed by atoms with Gasteiger partial charge in [-0.15, -0.1) is 0 Å². The highest BCUT2D eigenvalue weighted by atomic mass is 79.9. The normalized spacial score (nSPS) is 12.3. The summed E-state index contributed by atoms with van der Waals surface area (Å²) in [7, 11) is 3.53. The molecule has 6 heteroatoms. The summed E-state index contributed by atoms with van der Waals surface area (Å²) in [6.07, 6.45) is 1.69. The largest absolute Gasteiger partial charge is 0.480 e. The fraction of sp³-hybridized carbons (Fsp3) is 0.556. The highest BCUT2D eigenvalue weighted by molar-refractivity contribution is 9.10. The number of halogens is 2. The molecule has 4 nitrogen and oxygen atoms in total. The average molecular weight is 339 g/mol. The van der Waals surface area contributed by atoms with Crippen LogP contribution in [0.3, 0.4) is 0 Å². The summed E-state index contributed by atoms with van der Waals surface area (Å²) in [5.41, 5.74) is 0. The lowest BCUT2D eigenvalue weighted by Crippen LogP contribution is -2.25. The van der Waals surface area contributed by atoms with E-state index in [1.165, 1.54) is 0 Å². The Morgan fingerprint density at radius 2 is 2.27 bits per heavy atom. The zero-order valence-electron chi connectivity index (χ0n) is 8.87. The molecule has 0 aliphatic rings. The first-order chi connectivity index (χ1) is 7.04. The first-order valence-electron chi connectivity index (χ1n) is 4.46. The molecule has 1 aromatic rings. The predicted molar refractivity (Wildman–Crippen MR) is 67.9 cm³/mol. The van der Waals surface area contributed by atoms with Crippen LogP contribution < -0.4 is 9.64 Å². The minimum atomic E-state index is 0.390. The summed E-state index contributed by atoms with van der Waals surface area (Å²) >= 11 is 6.80. The topological polar surface area (TPSA) is 38.2 Å². The second-order valence-corrected chi connectivity index (χ2v) is 5.61. The number of rotatable bonds is 4. The summed E-state index contributed by atoms with van der Waals surface area (Å²) < 4.78 is 5.86. The zero-order valence-corrected chi connectivity index (χ0v) is 12.0. The average Bonchev–Trinajstić information content (AvgIpc) is 2.17. The molecule has 0 N–H and O–H groups in total. The molecular formula is C9H13Br2N3O. The van der Waals surface area contributed by atoms with Gasteiger partial charge in [-0.2, -0.15) is 4.98 Å². The van der Waals surface area contributed by atoms with E-state index in [2.05, 4.69) is 48.8 Å². The summed E-state index contributed by atoms with van der Waals surface area (Å²) in [5, 5.41) is 0. The van der Waals surface area contributed by atoms with Crippen molar-refractivity contribution in [2.24, 2.45) is 0 Å². The highest BCUT2D eigenvalue weighted by Gasteiger charge is 2.10. The summed E-state index contributed by atoms with van der Waals surface area (Å²) in [6, 6.07) is 0. The first kappa shape index (κ1) is 12.7. The molecule has 0 bridgehead atoms. The Balaban J connectivity index is 2.85. The third-order valence-corrected chi connectivity index (χ3v) is 2.59. The van der Waals surface area contributed by atoms with Gasteiger partial charge in [0.25, 0.3) is 0 Å². The molecule has 0 fully saturated rings. The van der Waals surface area contributed by atoms with Crippen molar-refractivity contribution in [2.45, 2.75) is 11.8 Å². The molecule has 0 saturated carbocycles. The molecule has 1 aromatic heterocycles. The summed E-state index contributed by atoms with van der Waals surface area (Å²) in [6.45, 7) is 2.91. The van der Waals surface area contributed by atoms with Crippen LogP contribution in [0.1, 0.15) is 6.92 Å². The molecule has 1 heterocycles. The lowest BCUT2D eigenvalue weighted by Gasteiger charge is -2.18. The molecule has 0 spiro atoms. The van der Waals surface area contributed by atoms with E-state index in [0.717, 1.165) is 11.0 Å². The molecule has 84 valence electrons. The smallest absolute Gasteiger partial charge is 0.232 e. The van der Waals surface area contributed by atoms with E-state index in [1.807, 2.05) is 11.9 Å². The zero-order chi connectivity index (χ0) is 11.4. The van der Waals surface area contributed by atoms with Crippen LogP contribution in [0.15, 0.2) is 10.7 Å². The number of alkyl halides is 1. The Hall–Kier alpha value is -0.360. The van der Waals surface area contributed by atoms with Gasteiger partial charge in [0.15, 0.2) is 0 Å². The molecule has 1 rings (SSSR count). The molecule has 0 amide bonds. The molecule has 15 heavy (non-hydrogen) atoms. The molecule has 1 unspecified atom stereocenters. The van der Waals surface area contributed by atoms with E-state index >= 15 is 0 Å². The molecule has 0 saturated heterocycles. The van der Waals surface area contributed by atoms with Gasteiger partial charge in [-0.1, -0.05) is 22.9 Å². The highest BCUT2D eigenvalue weighted by Crippen LogP contribution is 2.23. The van der Waals surface area contributed by atoms with Crippen molar-refractivity contribution < 1.29 is 4.74 Å². The van der Waals surface area contributed by atoms with Gasteiger partial charge in [-0.3, -0.25) is 0 Å². The van der Waals surface area contributed by atoms with Crippen LogP contribution in [-0.2, 0) is 0 Å². The standard InChI is InChI=1S/C9H13Br2N3O/c1-6(10)5-14(2)9-12-4-7(11)8(13-9)15-3/h4,6H,5H2,1-3H3. The van der Waals surface area contributed by atoms with Crippen molar-refractivity contribution in [3.05, 3.63) is 10.7 Å². The number of nitrogens with zero attached hydrogens (tertiary/aromatic N) is 3. The maximum atomic E-state index is 5.10. The van der Waals surface area contributed by atoms with Gasteiger partial charge in [0.2, 0.25) is 11.8 Å². The van der Waals surface area contributed by atoms with Gasteiger partial charge in [-0.25, -0.2) is 4.98 Å². The lowest BCUT2D eigenvalue weighted by atomic mass is 10.4. The number of methoxy groups -OCH3 is 1. The Labute approximate surface area is 106 Å². The number of anilines is 1. The van der Waals surface area contributed by atoms with Crippen molar-refractivity contribution in [3.63, 3.8) is 0 Å². The quantitative estimate of drug-likeness (QED) is 0.790. The van der Waals surface area contributed by atoms with Crippen LogP contribution >= 0.6 is 31.9 Å². The van der Waals surface area contributed by atoms with Crippen LogP contribution in [0.5, 0.6) is 5.88 Å². The van der Waals surface area contributed by atoms with E-state index in [1.54, 1.807) is 13.3 Å². The number of hydrogen-bond acceptors (Lipinski definition) is 4. The van der Waals surface area contributed by atoms with Gasteiger partial charge in [0.1, 0.15) is 0 Å². The fourth-order valence-electron chi connectivity index (χ4n) is 1.13. The van der Waals surface area contributed by atoms with Crippen molar-refractivity contribution >= 4 is 37.8 Å². The second-order valence-electron chi connectivity index (χ2n) is 3.19. The molecule has 0 aliphatic carbocycles. The van der Waals surface area contributed by atoms with Crippen molar-refractivity contribution in [2.75, 3.05) is 25.6 Å². The Kier molecular flexibility index (Phi) is 4.79. The SMILES string of the molecule is COc1nc(N(C)CC(C)Br)ncc1Br. The van der Waals surface area contributed by atoms with E-state index < -0.39 is 0 Å². The molecule has 0 aromatic carbocycles. The van der Waals surface area contributed by atoms with Crippen molar-refractivity contribution in [1.29, 1.82) is 0 Å². The van der Waals surface area contributed by atoms with Crippen LogP contribution in [0, 0.1) is 0 Å². The number of aromatic nitrogens is 2. The van der Waals surface area contributed by atoms with Gasteiger partial charge in [0.05, 0.1) is 17.8 Å². The van der Waals surface area contributed by atoms with E-state index in [4.69, 9.17) is 4.74 Å². The lowest BCUT2D eigenvalue weighted by molar-refractivity contribution is 0.394. The van der Waals surface area contributed by atoms with Gasteiger partial charge < -0.3 is 9.64 Å². The second kappa shape index (κ2) is 5.65. The van der Waals surface area contributed by atoms with E-state index in [0.29, 0.717) is 16.7 Å². The monoisotopic (exact) mass is 337 g/mol. The van der Waals surface area contributed by atoms with Crippen LogP contribution in [0.4, 0.5) is 5.95 Å². The third kappa shape index (κ3) is 3.61. The number of ether oxygens (including phenoxy) is 1. The minimum absolute atomic E-state index is 0.390. The maximum absolute atomic E-state index is 5.10. The van der Waals surface area contributed by atoms with Gasteiger partial charge in [0, 0.05) is 18.4 Å². The Morgan fingerprint density at radius 1 is 1.60 bits per heavy atom. The third-order valence-electron chi connectivity index (χ3n) is 1.76. The summed E-state index contributed by atoms with van der Waals surface area (Å²) in [4.78, 5) is 10.8. The molecular weight excluding hydrogens is 326 g/mol. The number of hydrogen-bond donors (Lipinski definition) is 0. The van der Waals surface area contributed by atoms with Crippen LogP contribution in [0.2, 0.25) is 0 Å².